The van der Waals surface area contributed by atoms with Gasteiger partial charge in [0.05, 0.1) is 24.4 Å². The topological polar surface area (TPSA) is 68.2 Å². The number of rotatable bonds is 6. The van der Waals surface area contributed by atoms with Gasteiger partial charge in [-0.1, -0.05) is 30.3 Å². The summed E-state index contributed by atoms with van der Waals surface area (Å²) >= 11 is 0. The zero-order valence-electron chi connectivity index (χ0n) is 17.7. The molecule has 3 rings (SSSR count). The van der Waals surface area contributed by atoms with E-state index in [1.807, 2.05) is 6.07 Å². The largest absolute Gasteiger partial charge is 0.466 e. The molecule has 0 N–H and O–H groups in total. The molecule has 1 atom stereocenters. The molecule has 0 aliphatic carbocycles. The fourth-order valence-corrected chi connectivity index (χ4v) is 3.49. The van der Waals surface area contributed by atoms with Crippen molar-refractivity contribution in [1.29, 1.82) is 0 Å². The number of carbonyl (C=O) groups excluding carboxylic acids is 2. The molecule has 0 spiro atoms. The Morgan fingerprint density at radius 1 is 1.06 bits per heavy atom. The molecule has 1 heterocycles. The Morgan fingerprint density at radius 3 is 2.28 bits per heavy atom. The van der Waals surface area contributed by atoms with Gasteiger partial charge in [0.1, 0.15) is 19.0 Å². The minimum absolute atomic E-state index is 0.0207. The molecule has 2 aromatic rings. The molecule has 6 nitrogen and oxygen atoms in total. The minimum atomic E-state index is -1.64. The lowest BCUT2D eigenvalue weighted by Crippen LogP contribution is -2.42. The van der Waals surface area contributed by atoms with E-state index >= 15 is 0 Å². The van der Waals surface area contributed by atoms with Crippen LogP contribution in [0.5, 0.6) is 0 Å². The molecule has 9 heteroatoms. The molecule has 1 aliphatic heterocycles. The van der Waals surface area contributed by atoms with Crippen molar-refractivity contribution in [2.45, 2.75) is 26.5 Å². The van der Waals surface area contributed by atoms with Crippen LogP contribution in [0.25, 0.3) is 0 Å². The lowest BCUT2D eigenvalue weighted by Gasteiger charge is -2.37. The summed E-state index contributed by atoms with van der Waals surface area (Å²) in [5.41, 5.74) is 0.916. The van der Waals surface area contributed by atoms with Gasteiger partial charge in [-0.15, -0.1) is 0 Å². The summed E-state index contributed by atoms with van der Waals surface area (Å²) in [6, 6.07) is 9.41. The average molecular weight is 446 g/mol. The highest BCUT2D eigenvalue weighted by molar-refractivity contribution is 5.96. The van der Waals surface area contributed by atoms with Crippen molar-refractivity contribution < 1.29 is 32.2 Å². The predicted octanol–water partition coefficient (Wildman–Crippen LogP) is 4.07. The van der Waals surface area contributed by atoms with E-state index < -0.39 is 35.4 Å². The fraction of sp³-hybridized carbons (Fsp3) is 0.261. The molecule has 0 saturated heterocycles. The highest BCUT2D eigenvalue weighted by atomic mass is 19.2. The van der Waals surface area contributed by atoms with E-state index in [0.717, 1.165) is 24.8 Å². The monoisotopic (exact) mass is 446 g/mol. The number of aliphatic imine (C=N–C) groups is 1. The van der Waals surface area contributed by atoms with Gasteiger partial charge in [-0.2, -0.15) is 0 Å². The van der Waals surface area contributed by atoms with E-state index in [1.54, 1.807) is 31.2 Å². The van der Waals surface area contributed by atoms with Crippen LogP contribution in [0.1, 0.15) is 31.0 Å². The van der Waals surface area contributed by atoms with Crippen LogP contribution in [0.2, 0.25) is 0 Å². The molecule has 0 saturated carbocycles. The average Bonchev–Trinajstić information content (AvgIpc) is 2.77. The number of esters is 2. The van der Waals surface area contributed by atoms with Gasteiger partial charge >= 0.3 is 11.9 Å². The number of hydrogen-bond donors (Lipinski definition) is 0. The molecule has 2 aromatic carbocycles. The lowest BCUT2D eigenvalue weighted by molar-refractivity contribution is -0.146. The number of halogens is 3. The summed E-state index contributed by atoms with van der Waals surface area (Å²) in [5.74, 6) is -5.62. The third-order valence-electron chi connectivity index (χ3n) is 4.99. The molecule has 1 aliphatic rings. The summed E-state index contributed by atoms with van der Waals surface area (Å²) in [6.07, 6.45) is 0. The van der Waals surface area contributed by atoms with Crippen LogP contribution < -0.4 is 0 Å². The summed E-state index contributed by atoms with van der Waals surface area (Å²) in [7, 11) is 1.15. The van der Waals surface area contributed by atoms with Crippen LogP contribution in [-0.4, -0.2) is 36.3 Å². The molecular weight excluding hydrogens is 425 g/mol. The Hall–Kier alpha value is -3.62. The van der Waals surface area contributed by atoms with Crippen molar-refractivity contribution in [2.75, 3.05) is 13.7 Å². The molecule has 0 radical (unpaired) electrons. The van der Waals surface area contributed by atoms with Gasteiger partial charge in [0.25, 0.3) is 0 Å². The molecular formula is C23H21F3N2O4. The van der Waals surface area contributed by atoms with Gasteiger partial charge in [0, 0.05) is 0 Å². The summed E-state index contributed by atoms with van der Waals surface area (Å²) < 4.78 is 51.7. The fourth-order valence-electron chi connectivity index (χ4n) is 3.49. The van der Waals surface area contributed by atoms with Crippen molar-refractivity contribution in [3.63, 3.8) is 0 Å². The minimum Gasteiger partial charge on any atom is -0.466 e. The zero-order chi connectivity index (χ0) is 23.4. The maximum absolute atomic E-state index is 14.0. The normalized spacial score (nSPS) is 16.0. The number of benzene rings is 2. The Bertz CT molecular complexity index is 1080. The van der Waals surface area contributed by atoms with Crippen molar-refractivity contribution in [1.82, 2.24) is 4.90 Å². The second-order valence-corrected chi connectivity index (χ2v) is 7.12. The third-order valence-corrected chi connectivity index (χ3v) is 4.99. The van der Waals surface area contributed by atoms with Crippen LogP contribution in [0.15, 0.2) is 58.7 Å². The third kappa shape index (κ3) is 4.82. The zero-order valence-corrected chi connectivity index (χ0v) is 17.7. The first kappa shape index (κ1) is 23.1. The van der Waals surface area contributed by atoms with Crippen LogP contribution in [0.4, 0.5) is 13.2 Å². The van der Waals surface area contributed by atoms with Crippen molar-refractivity contribution in [2.24, 2.45) is 4.99 Å². The van der Waals surface area contributed by atoms with Gasteiger partial charge in [-0.05, 0) is 37.1 Å². The second kappa shape index (κ2) is 9.67. The molecule has 0 amide bonds. The first-order valence-electron chi connectivity index (χ1n) is 9.68. The number of hydrogen-bond acceptors (Lipinski definition) is 6. The number of amidine groups is 1. The van der Waals surface area contributed by atoms with E-state index in [4.69, 9.17) is 9.47 Å². The number of ether oxygens (including phenoxy) is 2. The molecule has 0 fully saturated rings. The Labute approximate surface area is 183 Å². The second-order valence-electron chi connectivity index (χ2n) is 7.12. The van der Waals surface area contributed by atoms with Gasteiger partial charge in [-0.3, -0.25) is 4.79 Å². The van der Waals surface area contributed by atoms with Crippen LogP contribution >= 0.6 is 0 Å². The Morgan fingerprint density at radius 2 is 1.69 bits per heavy atom. The summed E-state index contributed by atoms with van der Waals surface area (Å²) in [5, 5.41) is 0. The van der Waals surface area contributed by atoms with Gasteiger partial charge < -0.3 is 14.4 Å². The predicted molar refractivity (Wildman–Crippen MR) is 110 cm³/mol. The SMILES string of the molecule is COC(=O)C1=C(C)N=C(C)N(CC(=O)OCc2ccccc2)C1c1cc(F)c(F)c(F)c1. The molecule has 32 heavy (non-hydrogen) atoms. The standard InChI is InChI=1S/C23H21F3N2O4/c1-13-20(23(30)31-3)22(16-9-17(24)21(26)18(25)10-16)28(14(2)27-13)11-19(29)32-12-15-7-5-4-6-8-15/h4-10,22H,11-12H2,1-3H3. The number of methoxy groups -OCH3 is 1. The van der Waals surface area contributed by atoms with Gasteiger partial charge in [0.2, 0.25) is 0 Å². The lowest BCUT2D eigenvalue weighted by atomic mass is 9.93. The summed E-state index contributed by atoms with van der Waals surface area (Å²) in [4.78, 5) is 30.7. The van der Waals surface area contributed by atoms with E-state index in [0.29, 0.717) is 5.84 Å². The molecule has 1 unspecified atom stereocenters. The van der Waals surface area contributed by atoms with Gasteiger partial charge in [0.15, 0.2) is 17.5 Å². The van der Waals surface area contributed by atoms with Crippen LogP contribution in [0, 0.1) is 17.5 Å². The molecule has 0 aromatic heterocycles. The summed E-state index contributed by atoms with van der Waals surface area (Å²) in [6.45, 7) is 2.75. The highest BCUT2D eigenvalue weighted by Gasteiger charge is 2.37. The first-order chi connectivity index (χ1) is 15.2. The van der Waals surface area contributed by atoms with E-state index in [2.05, 4.69) is 4.99 Å². The van der Waals surface area contributed by atoms with Crippen molar-refractivity contribution >= 4 is 17.8 Å². The van der Waals surface area contributed by atoms with Gasteiger partial charge in [-0.25, -0.2) is 23.0 Å². The van der Waals surface area contributed by atoms with Crippen LogP contribution in [0.3, 0.4) is 0 Å². The quantitative estimate of drug-likeness (QED) is 0.494. The Kier molecular flexibility index (Phi) is 6.97. The van der Waals surface area contributed by atoms with E-state index in [-0.39, 0.29) is 30.0 Å². The Balaban J connectivity index is 1.96. The highest BCUT2D eigenvalue weighted by Crippen LogP contribution is 2.36. The maximum Gasteiger partial charge on any atom is 0.338 e. The molecule has 0 bridgehead atoms. The number of carbonyl (C=O) groups is 2. The number of nitrogens with zero attached hydrogens (tertiary/aromatic N) is 2. The van der Waals surface area contributed by atoms with E-state index in [1.165, 1.54) is 11.8 Å². The van der Waals surface area contributed by atoms with E-state index in [9.17, 15) is 22.8 Å². The first-order valence-corrected chi connectivity index (χ1v) is 9.68. The smallest absolute Gasteiger partial charge is 0.338 e. The molecule has 168 valence electrons. The van der Waals surface area contributed by atoms with Crippen molar-refractivity contribution in [3.05, 3.63) is 82.3 Å². The maximum atomic E-state index is 14.0. The number of allylic oxidation sites excluding steroid dienone is 1. The van der Waals surface area contributed by atoms with Crippen LogP contribution in [-0.2, 0) is 25.7 Å². The van der Waals surface area contributed by atoms with Crippen molar-refractivity contribution in [3.8, 4) is 0 Å².